The second-order valence-corrected chi connectivity index (χ2v) is 9.41. The summed E-state index contributed by atoms with van der Waals surface area (Å²) in [4.78, 5) is 18.0. The molecule has 3 heterocycles. The van der Waals surface area contributed by atoms with Gasteiger partial charge in [0.15, 0.2) is 0 Å². The number of hydrogen-bond acceptors (Lipinski definition) is 5. The Morgan fingerprint density at radius 1 is 1.10 bits per heavy atom. The van der Waals surface area contributed by atoms with Crippen molar-refractivity contribution in [1.82, 2.24) is 15.0 Å². The molecule has 6 heteroatoms. The number of hydrogen-bond donors (Lipinski definition) is 0. The molecule has 1 aliphatic carbocycles. The molecule has 1 saturated carbocycles. The number of fused-ring (bicyclic) bond motifs is 1. The zero-order chi connectivity index (χ0) is 21.4. The van der Waals surface area contributed by atoms with Gasteiger partial charge in [-0.15, -0.1) is 0 Å². The third kappa shape index (κ3) is 4.03. The van der Waals surface area contributed by atoms with Crippen molar-refractivity contribution < 1.29 is 14.1 Å². The van der Waals surface area contributed by atoms with Crippen LogP contribution in [0, 0.1) is 19.8 Å². The third-order valence-corrected chi connectivity index (χ3v) is 7.52. The number of nitrogens with zero attached hydrogens (tertiary/aromatic N) is 3. The summed E-state index contributed by atoms with van der Waals surface area (Å²) in [6, 6.07) is 9.49. The molecule has 0 unspecified atom stereocenters. The van der Waals surface area contributed by atoms with Crippen LogP contribution in [0.1, 0.15) is 64.5 Å². The first-order valence-corrected chi connectivity index (χ1v) is 11.7. The largest absolute Gasteiger partial charge is 0.379 e. The monoisotopic (exact) mass is 423 g/mol. The quantitative estimate of drug-likeness (QED) is 0.746. The van der Waals surface area contributed by atoms with Crippen LogP contribution in [0.25, 0.3) is 0 Å². The number of aromatic nitrogens is 1. The van der Waals surface area contributed by atoms with E-state index in [1.165, 1.54) is 30.4 Å². The van der Waals surface area contributed by atoms with Gasteiger partial charge >= 0.3 is 0 Å². The average molecular weight is 424 g/mol. The first kappa shape index (κ1) is 20.7. The summed E-state index contributed by atoms with van der Waals surface area (Å²) in [6.45, 7) is 9.16. The molecule has 2 saturated heterocycles. The highest BCUT2D eigenvalue weighted by molar-refractivity contribution is 5.96. The van der Waals surface area contributed by atoms with E-state index in [0.717, 1.165) is 45.8 Å². The summed E-state index contributed by atoms with van der Waals surface area (Å²) < 4.78 is 10.8. The third-order valence-electron chi connectivity index (χ3n) is 7.52. The lowest BCUT2D eigenvalue weighted by Crippen LogP contribution is -2.39. The molecule has 0 spiro atoms. The summed E-state index contributed by atoms with van der Waals surface area (Å²) in [5, 5.41) is 4.01. The summed E-state index contributed by atoms with van der Waals surface area (Å²) >= 11 is 0. The molecule has 166 valence electrons. The van der Waals surface area contributed by atoms with E-state index in [-0.39, 0.29) is 5.91 Å². The van der Waals surface area contributed by atoms with Crippen LogP contribution in [0.4, 0.5) is 0 Å². The number of carbonyl (C=O) groups is 1. The second-order valence-electron chi connectivity index (χ2n) is 9.41. The van der Waals surface area contributed by atoms with E-state index < -0.39 is 0 Å². The molecule has 0 radical (unpaired) electrons. The van der Waals surface area contributed by atoms with Gasteiger partial charge in [-0.3, -0.25) is 9.69 Å². The van der Waals surface area contributed by atoms with Crippen molar-refractivity contribution in [1.29, 1.82) is 0 Å². The molecule has 5 rings (SSSR count). The van der Waals surface area contributed by atoms with Gasteiger partial charge < -0.3 is 14.2 Å². The number of morpholine rings is 1. The first-order valence-electron chi connectivity index (χ1n) is 11.7. The van der Waals surface area contributed by atoms with Gasteiger partial charge in [0.2, 0.25) is 0 Å². The average Bonchev–Trinajstić information content (AvgIpc) is 3.35. The molecular formula is C25H33N3O3. The van der Waals surface area contributed by atoms with Crippen LogP contribution in [-0.4, -0.2) is 59.8 Å². The molecule has 3 aliphatic rings. The molecule has 2 aromatic rings. The maximum Gasteiger partial charge on any atom is 0.259 e. The van der Waals surface area contributed by atoms with E-state index in [0.29, 0.717) is 34.9 Å². The van der Waals surface area contributed by atoms with Crippen LogP contribution < -0.4 is 0 Å². The predicted octanol–water partition coefficient (Wildman–Crippen LogP) is 3.92. The van der Waals surface area contributed by atoms with Crippen LogP contribution >= 0.6 is 0 Å². The molecule has 3 atom stereocenters. The highest BCUT2D eigenvalue weighted by atomic mass is 16.5. The van der Waals surface area contributed by atoms with Crippen molar-refractivity contribution in [3.05, 3.63) is 52.4 Å². The molecule has 3 fully saturated rings. The van der Waals surface area contributed by atoms with Crippen molar-refractivity contribution in [2.45, 2.75) is 58.0 Å². The van der Waals surface area contributed by atoms with Gasteiger partial charge in [0.05, 0.1) is 18.9 Å². The Hall–Kier alpha value is -2.18. The van der Waals surface area contributed by atoms with Crippen molar-refractivity contribution in [2.24, 2.45) is 5.92 Å². The zero-order valence-electron chi connectivity index (χ0n) is 18.7. The molecule has 0 N–H and O–H groups in total. The Morgan fingerprint density at radius 3 is 2.55 bits per heavy atom. The minimum Gasteiger partial charge on any atom is -0.379 e. The van der Waals surface area contributed by atoms with E-state index in [9.17, 15) is 4.79 Å². The van der Waals surface area contributed by atoms with E-state index in [1.54, 1.807) is 0 Å². The van der Waals surface area contributed by atoms with Gasteiger partial charge in [0, 0.05) is 38.1 Å². The van der Waals surface area contributed by atoms with Gasteiger partial charge in [-0.2, -0.15) is 0 Å². The summed E-state index contributed by atoms with van der Waals surface area (Å²) in [7, 11) is 0. The van der Waals surface area contributed by atoms with E-state index in [2.05, 4.69) is 39.2 Å². The number of aryl methyl sites for hydroxylation is 2. The van der Waals surface area contributed by atoms with Gasteiger partial charge in [-0.25, -0.2) is 0 Å². The molecule has 31 heavy (non-hydrogen) atoms. The molecule has 2 aliphatic heterocycles. The lowest BCUT2D eigenvalue weighted by atomic mass is 9.77. The lowest BCUT2D eigenvalue weighted by molar-refractivity contribution is 0.0342. The van der Waals surface area contributed by atoms with E-state index in [1.807, 2.05) is 13.8 Å². The molecule has 1 amide bonds. The number of likely N-dealkylation sites (tertiary alicyclic amines) is 1. The minimum absolute atomic E-state index is 0.0968. The van der Waals surface area contributed by atoms with Crippen LogP contribution in [0.3, 0.4) is 0 Å². The Morgan fingerprint density at radius 2 is 1.84 bits per heavy atom. The van der Waals surface area contributed by atoms with Gasteiger partial charge in [-0.1, -0.05) is 42.3 Å². The second kappa shape index (κ2) is 8.75. The first-order chi connectivity index (χ1) is 15.1. The summed E-state index contributed by atoms with van der Waals surface area (Å²) in [6.07, 6.45) is 4.78. The van der Waals surface area contributed by atoms with E-state index in [4.69, 9.17) is 9.26 Å². The maximum atomic E-state index is 13.5. The summed E-state index contributed by atoms with van der Waals surface area (Å²) in [5.41, 5.74) is 4.08. The topological polar surface area (TPSA) is 58.8 Å². The Labute approximate surface area is 184 Å². The van der Waals surface area contributed by atoms with Gasteiger partial charge in [-0.05, 0) is 43.7 Å². The maximum absolute atomic E-state index is 13.5. The fourth-order valence-corrected chi connectivity index (χ4v) is 5.88. The van der Waals surface area contributed by atoms with Crippen LogP contribution in [0.2, 0.25) is 0 Å². The normalized spacial score (nSPS) is 26.8. The zero-order valence-corrected chi connectivity index (χ0v) is 18.7. The van der Waals surface area contributed by atoms with Crippen molar-refractivity contribution in [2.75, 3.05) is 32.8 Å². The Bertz CT molecular complexity index is 897. The highest BCUT2D eigenvalue weighted by Crippen LogP contribution is 2.45. The fourth-order valence-electron chi connectivity index (χ4n) is 5.88. The fraction of sp³-hybridized carbons (Fsp3) is 0.600. The van der Waals surface area contributed by atoms with Crippen molar-refractivity contribution in [3.8, 4) is 0 Å². The Balaban J connectivity index is 1.34. The number of amides is 1. The van der Waals surface area contributed by atoms with Crippen LogP contribution in [0.5, 0.6) is 0 Å². The number of carbonyl (C=O) groups excluding carboxylic acids is 1. The van der Waals surface area contributed by atoms with Gasteiger partial charge in [0.25, 0.3) is 5.91 Å². The molecule has 6 nitrogen and oxygen atoms in total. The molecule has 0 bridgehead atoms. The molecule has 1 aromatic heterocycles. The number of rotatable bonds is 4. The lowest BCUT2D eigenvalue weighted by Gasteiger charge is -2.32. The number of ether oxygens (including phenoxy) is 1. The minimum atomic E-state index is 0.0968. The molecular weight excluding hydrogens is 390 g/mol. The van der Waals surface area contributed by atoms with Gasteiger partial charge in [0.1, 0.15) is 11.3 Å². The van der Waals surface area contributed by atoms with E-state index >= 15 is 0 Å². The standard InChI is InChI=1S/C25H33N3O3/c1-17-24(18(2)31-26-17)25(29)28-16-22(21-5-3-4-6-23(21)28)20-9-7-19(8-10-20)15-27-11-13-30-14-12-27/h7-10,21-23H,3-6,11-16H2,1-2H3/t21-,22-,23-/m1/s1. The molecule has 1 aromatic carbocycles. The Kier molecular flexibility index (Phi) is 5.85. The predicted molar refractivity (Wildman–Crippen MR) is 118 cm³/mol. The smallest absolute Gasteiger partial charge is 0.259 e. The highest BCUT2D eigenvalue weighted by Gasteiger charge is 2.46. The summed E-state index contributed by atoms with van der Waals surface area (Å²) in [5.74, 6) is 1.68. The SMILES string of the molecule is Cc1noc(C)c1C(=O)N1C[C@H](c2ccc(CN3CCOCC3)cc2)[C@H]2CCCC[C@H]21. The van der Waals surface area contributed by atoms with Crippen molar-refractivity contribution >= 4 is 5.91 Å². The number of benzene rings is 1. The van der Waals surface area contributed by atoms with Crippen LogP contribution in [-0.2, 0) is 11.3 Å². The van der Waals surface area contributed by atoms with Crippen LogP contribution in [0.15, 0.2) is 28.8 Å². The van der Waals surface area contributed by atoms with Crippen molar-refractivity contribution in [3.63, 3.8) is 0 Å².